The number of hydrogen-bond acceptors (Lipinski definition) is 2. The van der Waals surface area contributed by atoms with Gasteiger partial charge in [-0.05, 0) is 88.5 Å². The summed E-state index contributed by atoms with van der Waals surface area (Å²) < 4.78 is 5.03. The molecule has 2 heterocycles. The first-order valence-corrected chi connectivity index (χ1v) is 20.2. The first kappa shape index (κ1) is 33.2. The molecule has 3 heteroatoms. The van der Waals surface area contributed by atoms with Gasteiger partial charge in [-0.25, -0.2) is 0 Å². The summed E-state index contributed by atoms with van der Waals surface area (Å²) in [4.78, 5) is 2.41. The van der Waals surface area contributed by atoms with Crippen molar-refractivity contribution < 1.29 is 0 Å². The molecule has 0 atom stereocenters. The minimum atomic E-state index is 1.09. The van der Waals surface area contributed by atoms with Crippen LogP contribution >= 0.6 is 11.3 Å². The van der Waals surface area contributed by atoms with E-state index in [9.17, 15) is 0 Å². The number of anilines is 3. The highest BCUT2D eigenvalue weighted by Gasteiger charge is 2.21. The molecule has 0 bridgehead atoms. The molecule has 11 rings (SSSR count). The topological polar surface area (TPSA) is 8.17 Å². The molecule has 9 aromatic carbocycles. The lowest BCUT2D eigenvalue weighted by atomic mass is 9.92. The van der Waals surface area contributed by atoms with Crippen molar-refractivity contribution in [2.45, 2.75) is 0 Å². The normalized spacial score (nSPS) is 11.5. The second-order valence-electron chi connectivity index (χ2n) is 14.5. The van der Waals surface area contributed by atoms with Crippen molar-refractivity contribution in [2.75, 3.05) is 4.90 Å². The standard InChI is InChI=1S/C54H36N2S/c1-4-15-37(16-5-1)38-27-29-41(30-28-38)55(43-32-34-46-45-21-10-12-25-51(45)56(52(46)36-43)40-19-8-3-9-20-40)42-31-33-44(50(35-42)39-17-6-2-7-18-39)48-23-14-24-49-47-22-11-13-26-53(47)57-54(48)49/h1-36H. The molecule has 0 saturated heterocycles. The molecule has 0 saturated carbocycles. The van der Waals surface area contributed by atoms with Crippen LogP contribution in [0.15, 0.2) is 218 Å². The molecule has 0 aliphatic rings. The van der Waals surface area contributed by atoms with Crippen LogP contribution in [0.5, 0.6) is 0 Å². The number of aromatic nitrogens is 1. The van der Waals surface area contributed by atoms with Gasteiger partial charge in [-0.15, -0.1) is 11.3 Å². The van der Waals surface area contributed by atoms with Crippen LogP contribution in [-0.2, 0) is 0 Å². The van der Waals surface area contributed by atoms with Gasteiger partial charge < -0.3 is 9.47 Å². The van der Waals surface area contributed by atoms with Gasteiger partial charge in [0, 0.05) is 59.3 Å². The van der Waals surface area contributed by atoms with E-state index < -0.39 is 0 Å². The SMILES string of the molecule is c1ccc(-c2ccc(N(c3ccc(-c4cccc5c4sc4ccccc45)c(-c4ccccc4)c3)c3ccc4c5ccccc5n(-c5ccccc5)c4c3)cc2)cc1. The number of benzene rings is 9. The summed E-state index contributed by atoms with van der Waals surface area (Å²) >= 11 is 1.88. The second kappa shape index (κ2) is 13.8. The Labute approximate surface area is 335 Å². The molecular formula is C54H36N2S. The van der Waals surface area contributed by atoms with E-state index in [2.05, 4.69) is 228 Å². The molecule has 0 amide bonds. The summed E-state index contributed by atoms with van der Waals surface area (Å²) in [5.41, 5.74) is 14.0. The lowest BCUT2D eigenvalue weighted by molar-refractivity contribution is 1.18. The van der Waals surface area contributed by atoms with Gasteiger partial charge in [0.15, 0.2) is 0 Å². The van der Waals surface area contributed by atoms with Gasteiger partial charge in [0.1, 0.15) is 0 Å². The van der Waals surface area contributed by atoms with E-state index in [1.807, 2.05) is 11.3 Å². The molecule has 0 N–H and O–H groups in total. The van der Waals surface area contributed by atoms with E-state index in [-0.39, 0.29) is 0 Å². The van der Waals surface area contributed by atoms with Crippen LogP contribution in [0.25, 0.3) is 81.0 Å². The van der Waals surface area contributed by atoms with Gasteiger partial charge in [-0.1, -0.05) is 158 Å². The van der Waals surface area contributed by atoms with Crippen LogP contribution in [-0.4, -0.2) is 4.57 Å². The number of para-hydroxylation sites is 2. The number of nitrogens with zero attached hydrogens (tertiary/aromatic N) is 2. The third-order valence-electron chi connectivity index (χ3n) is 11.2. The van der Waals surface area contributed by atoms with Crippen LogP contribution in [0.2, 0.25) is 0 Å². The fraction of sp³-hybridized carbons (Fsp3) is 0. The molecule has 11 aromatic rings. The quantitative estimate of drug-likeness (QED) is 0.158. The Hall–Kier alpha value is -7.20. The fourth-order valence-electron chi connectivity index (χ4n) is 8.56. The summed E-state index contributed by atoms with van der Waals surface area (Å²) in [6.07, 6.45) is 0. The van der Waals surface area contributed by atoms with Crippen LogP contribution in [0.1, 0.15) is 0 Å². The van der Waals surface area contributed by atoms with Crippen molar-refractivity contribution in [1.82, 2.24) is 4.57 Å². The zero-order valence-electron chi connectivity index (χ0n) is 31.1. The number of rotatable bonds is 7. The largest absolute Gasteiger partial charge is 0.310 e. The van der Waals surface area contributed by atoms with E-state index in [0.29, 0.717) is 0 Å². The fourth-order valence-corrected chi connectivity index (χ4v) is 9.79. The van der Waals surface area contributed by atoms with Gasteiger partial charge in [0.2, 0.25) is 0 Å². The van der Waals surface area contributed by atoms with E-state index in [0.717, 1.165) is 22.7 Å². The van der Waals surface area contributed by atoms with E-state index >= 15 is 0 Å². The van der Waals surface area contributed by atoms with E-state index in [1.54, 1.807) is 0 Å². The Morgan fingerprint density at radius 3 is 1.70 bits per heavy atom. The van der Waals surface area contributed by atoms with Crippen molar-refractivity contribution in [3.05, 3.63) is 218 Å². The minimum Gasteiger partial charge on any atom is -0.310 e. The Bertz CT molecular complexity index is 3220. The number of thiophene rings is 1. The van der Waals surface area contributed by atoms with Gasteiger partial charge in [0.05, 0.1) is 11.0 Å². The van der Waals surface area contributed by atoms with Gasteiger partial charge >= 0.3 is 0 Å². The lowest BCUT2D eigenvalue weighted by Gasteiger charge is -2.27. The average Bonchev–Trinajstić information content (AvgIpc) is 3.83. The first-order chi connectivity index (χ1) is 28.3. The molecular weight excluding hydrogens is 709 g/mol. The third-order valence-corrected chi connectivity index (χ3v) is 12.4. The molecule has 0 aliphatic carbocycles. The predicted octanol–water partition coefficient (Wildman–Crippen LogP) is 15.6. The van der Waals surface area contributed by atoms with Gasteiger partial charge in [-0.2, -0.15) is 0 Å². The number of hydrogen-bond donors (Lipinski definition) is 0. The van der Waals surface area contributed by atoms with Crippen molar-refractivity contribution in [3.63, 3.8) is 0 Å². The Kier molecular flexibility index (Phi) is 8.04. The molecule has 57 heavy (non-hydrogen) atoms. The Balaban J connectivity index is 1.15. The van der Waals surface area contributed by atoms with Crippen LogP contribution in [0, 0.1) is 0 Å². The molecule has 0 fully saturated rings. The van der Waals surface area contributed by atoms with Crippen molar-refractivity contribution in [1.29, 1.82) is 0 Å². The van der Waals surface area contributed by atoms with Crippen LogP contribution in [0.3, 0.4) is 0 Å². The zero-order chi connectivity index (χ0) is 37.7. The number of fused-ring (bicyclic) bond motifs is 6. The molecule has 0 aliphatic heterocycles. The van der Waals surface area contributed by atoms with Crippen LogP contribution in [0.4, 0.5) is 17.1 Å². The average molecular weight is 745 g/mol. The summed E-state index contributed by atoms with van der Waals surface area (Å²) in [5, 5.41) is 5.09. The zero-order valence-corrected chi connectivity index (χ0v) is 31.9. The minimum absolute atomic E-state index is 1.09. The summed E-state index contributed by atoms with van der Waals surface area (Å²) in [5.74, 6) is 0. The van der Waals surface area contributed by atoms with Crippen molar-refractivity contribution in [3.8, 4) is 39.1 Å². The van der Waals surface area contributed by atoms with Crippen molar-refractivity contribution in [2.24, 2.45) is 0 Å². The second-order valence-corrected chi connectivity index (χ2v) is 15.6. The van der Waals surface area contributed by atoms with Gasteiger partial charge in [0.25, 0.3) is 0 Å². The highest BCUT2D eigenvalue weighted by molar-refractivity contribution is 7.26. The maximum atomic E-state index is 2.41. The van der Waals surface area contributed by atoms with Crippen LogP contribution < -0.4 is 4.90 Å². The lowest BCUT2D eigenvalue weighted by Crippen LogP contribution is -2.10. The molecule has 2 aromatic heterocycles. The highest BCUT2D eigenvalue weighted by Crippen LogP contribution is 2.46. The third kappa shape index (κ3) is 5.71. The smallest absolute Gasteiger partial charge is 0.0561 e. The van der Waals surface area contributed by atoms with Crippen molar-refractivity contribution >= 4 is 70.4 Å². The summed E-state index contributed by atoms with van der Waals surface area (Å²) in [6, 6.07) is 79.4. The maximum Gasteiger partial charge on any atom is 0.0561 e. The van der Waals surface area contributed by atoms with E-state index in [4.69, 9.17) is 0 Å². The Morgan fingerprint density at radius 2 is 0.912 bits per heavy atom. The molecule has 0 unspecified atom stereocenters. The summed E-state index contributed by atoms with van der Waals surface area (Å²) in [6.45, 7) is 0. The monoisotopic (exact) mass is 744 g/mol. The molecule has 0 radical (unpaired) electrons. The Morgan fingerprint density at radius 1 is 0.333 bits per heavy atom. The highest BCUT2D eigenvalue weighted by atomic mass is 32.1. The molecule has 0 spiro atoms. The first-order valence-electron chi connectivity index (χ1n) is 19.4. The van der Waals surface area contributed by atoms with Gasteiger partial charge in [-0.3, -0.25) is 0 Å². The summed E-state index contributed by atoms with van der Waals surface area (Å²) in [7, 11) is 0. The molecule has 268 valence electrons. The molecule has 2 nitrogen and oxygen atoms in total. The maximum absolute atomic E-state index is 2.41. The predicted molar refractivity (Wildman–Crippen MR) is 245 cm³/mol. The van der Waals surface area contributed by atoms with E-state index in [1.165, 1.54) is 75.4 Å².